The number of carbonyl (C=O) groups is 2. The van der Waals surface area contributed by atoms with Gasteiger partial charge in [-0.2, -0.15) is 0 Å². The zero-order valence-electron chi connectivity index (χ0n) is 10.9. The van der Waals surface area contributed by atoms with Crippen LogP contribution in [0.4, 0.5) is 4.39 Å². The van der Waals surface area contributed by atoms with Gasteiger partial charge in [-0.1, -0.05) is 12.1 Å². The molecule has 3 rings (SSSR count). The van der Waals surface area contributed by atoms with E-state index in [2.05, 4.69) is 15.6 Å². The summed E-state index contributed by atoms with van der Waals surface area (Å²) in [6, 6.07) is 5.55. The van der Waals surface area contributed by atoms with Crippen molar-refractivity contribution in [3.8, 4) is 10.6 Å². The maximum atomic E-state index is 13.2. The SMILES string of the molecule is O=C(N[C@H]1CCNC1=O)c1cnc(-c2cccc(F)c2)s1. The monoisotopic (exact) mass is 305 g/mol. The molecule has 108 valence electrons. The fraction of sp³-hybridized carbons (Fsp3) is 0.214. The lowest BCUT2D eigenvalue weighted by Gasteiger charge is -2.07. The molecule has 2 N–H and O–H groups in total. The van der Waals surface area contributed by atoms with E-state index in [-0.39, 0.29) is 17.6 Å². The molecule has 7 heteroatoms. The van der Waals surface area contributed by atoms with Crippen LogP contribution in [0, 0.1) is 5.82 Å². The van der Waals surface area contributed by atoms with Crippen molar-refractivity contribution in [2.45, 2.75) is 12.5 Å². The van der Waals surface area contributed by atoms with Crippen molar-refractivity contribution in [1.82, 2.24) is 15.6 Å². The molecule has 0 saturated carbocycles. The fourth-order valence-corrected chi connectivity index (χ4v) is 2.91. The van der Waals surface area contributed by atoms with Gasteiger partial charge in [0.2, 0.25) is 5.91 Å². The van der Waals surface area contributed by atoms with Gasteiger partial charge in [0, 0.05) is 12.1 Å². The van der Waals surface area contributed by atoms with E-state index in [4.69, 9.17) is 0 Å². The maximum absolute atomic E-state index is 13.2. The van der Waals surface area contributed by atoms with Crippen LogP contribution < -0.4 is 10.6 Å². The number of hydrogen-bond acceptors (Lipinski definition) is 4. The summed E-state index contributed by atoms with van der Waals surface area (Å²) < 4.78 is 13.2. The van der Waals surface area contributed by atoms with Gasteiger partial charge < -0.3 is 10.6 Å². The van der Waals surface area contributed by atoms with Gasteiger partial charge in [-0.25, -0.2) is 9.37 Å². The minimum atomic E-state index is -0.489. The Morgan fingerprint density at radius 3 is 3.05 bits per heavy atom. The molecule has 1 aliphatic heterocycles. The molecule has 1 atom stereocenters. The van der Waals surface area contributed by atoms with Gasteiger partial charge in [0.1, 0.15) is 21.7 Å². The standard InChI is InChI=1S/C14H12FN3O2S/c15-9-3-1-2-8(6-9)14-17-7-11(21-14)13(20)18-10-4-5-16-12(10)19/h1-3,6-7,10H,4-5H2,(H,16,19)(H,18,20)/t10-/m0/s1. The van der Waals surface area contributed by atoms with Crippen LogP contribution >= 0.6 is 11.3 Å². The van der Waals surface area contributed by atoms with Crippen LogP contribution in [0.15, 0.2) is 30.5 Å². The molecule has 1 saturated heterocycles. The van der Waals surface area contributed by atoms with E-state index in [0.717, 1.165) is 0 Å². The molecule has 2 amide bonds. The van der Waals surface area contributed by atoms with E-state index in [1.807, 2.05) is 0 Å². The highest BCUT2D eigenvalue weighted by atomic mass is 32.1. The Balaban J connectivity index is 1.75. The van der Waals surface area contributed by atoms with Crippen molar-refractivity contribution in [1.29, 1.82) is 0 Å². The molecule has 1 aromatic carbocycles. The number of hydrogen-bond donors (Lipinski definition) is 2. The zero-order valence-corrected chi connectivity index (χ0v) is 11.7. The van der Waals surface area contributed by atoms with E-state index in [1.54, 1.807) is 12.1 Å². The highest BCUT2D eigenvalue weighted by molar-refractivity contribution is 7.16. The number of nitrogens with zero attached hydrogens (tertiary/aromatic N) is 1. The number of halogens is 1. The molecule has 0 spiro atoms. The topological polar surface area (TPSA) is 71.1 Å². The lowest BCUT2D eigenvalue weighted by Crippen LogP contribution is -2.39. The van der Waals surface area contributed by atoms with Crippen molar-refractivity contribution < 1.29 is 14.0 Å². The zero-order chi connectivity index (χ0) is 14.8. The Morgan fingerprint density at radius 1 is 1.48 bits per heavy atom. The van der Waals surface area contributed by atoms with Gasteiger partial charge in [0.15, 0.2) is 0 Å². The Morgan fingerprint density at radius 2 is 2.33 bits per heavy atom. The number of aromatic nitrogens is 1. The van der Waals surface area contributed by atoms with Crippen molar-refractivity contribution in [3.05, 3.63) is 41.2 Å². The Labute approximate surface area is 124 Å². The molecule has 0 aliphatic carbocycles. The predicted molar refractivity (Wildman–Crippen MR) is 76.4 cm³/mol. The van der Waals surface area contributed by atoms with Gasteiger partial charge >= 0.3 is 0 Å². The van der Waals surface area contributed by atoms with Crippen LogP contribution in [0.5, 0.6) is 0 Å². The lowest BCUT2D eigenvalue weighted by atomic mass is 10.2. The number of carbonyl (C=O) groups excluding carboxylic acids is 2. The first-order chi connectivity index (χ1) is 10.1. The van der Waals surface area contributed by atoms with Crippen LogP contribution in [-0.4, -0.2) is 29.4 Å². The van der Waals surface area contributed by atoms with E-state index in [0.29, 0.717) is 28.4 Å². The quantitative estimate of drug-likeness (QED) is 0.904. The number of rotatable bonds is 3. The third-order valence-corrected chi connectivity index (χ3v) is 4.20. The van der Waals surface area contributed by atoms with Gasteiger partial charge in [0.05, 0.1) is 6.20 Å². The predicted octanol–water partition coefficient (Wildman–Crippen LogP) is 1.57. The molecule has 1 aromatic heterocycles. The highest BCUT2D eigenvalue weighted by Crippen LogP contribution is 2.25. The van der Waals surface area contributed by atoms with Crippen LogP contribution in [-0.2, 0) is 4.79 Å². The normalized spacial score (nSPS) is 17.6. The third-order valence-electron chi connectivity index (χ3n) is 3.16. The summed E-state index contributed by atoms with van der Waals surface area (Å²) in [5, 5.41) is 5.89. The summed E-state index contributed by atoms with van der Waals surface area (Å²) in [4.78, 5) is 28.0. The van der Waals surface area contributed by atoms with Gasteiger partial charge in [0.25, 0.3) is 5.91 Å². The van der Waals surface area contributed by atoms with Crippen molar-refractivity contribution in [2.75, 3.05) is 6.54 Å². The number of benzene rings is 1. The molecule has 1 aliphatic rings. The summed E-state index contributed by atoms with van der Waals surface area (Å²) in [7, 11) is 0. The van der Waals surface area contributed by atoms with Gasteiger partial charge in [-0.05, 0) is 18.6 Å². The average molecular weight is 305 g/mol. The van der Waals surface area contributed by atoms with Crippen molar-refractivity contribution in [2.24, 2.45) is 0 Å². The molecule has 0 radical (unpaired) electrons. The van der Waals surface area contributed by atoms with Gasteiger partial charge in [-0.3, -0.25) is 9.59 Å². The molecule has 1 fully saturated rings. The van der Waals surface area contributed by atoms with E-state index < -0.39 is 6.04 Å². The summed E-state index contributed by atoms with van der Waals surface area (Å²) in [5.74, 6) is -0.855. The van der Waals surface area contributed by atoms with Crippen LogP contribution in [0.3, 0.4) is 0 Å². The maximum Gasteiger partial charge on any atom is 0.263 e. The Kier molecular flexibility index (Phi) is 3.66. The molecular formula is C14H12FN3O2S. The number of amides is 2. The first kappa shape index (κ1) is 13.7. The molecule has 5 nitrogen and oxygen atoms in total. The lowest BCUT2D eigenvalue weighted by molar-refractivity contribution is -0.120. The summed E-state index contributed by atoms with van der Waals surface area (Å²) in [6.07, 6.45) is 2.02. The molecule has 2 heterocycles. The highest BCUT2D eigenvalue weighted by Gasteiger charge is 2.26. The van der Waals surface area contributed by atoms with Crippen molar-refractivity contribution in [3.63, 3.8) is 0 Å². The average Bonchev–Trinajstić information content (AvgIpc) is 3.09. The molecule has 2 aromatic rings. The second-order valence-corrected chi connectivity index (χ2v) is 5.68. The van der Waals surface area contributed by atoms with E-state index >= 15 is 0 Å². The minimum absolute atomic E-state index is 0.168. The van der Waals surface area contributed by atoms with E-state index in [9.17, 15) is 14.0 Å². The Bertz CT molecular complexity index is 701. The second-order valence-electron chi connectivity index (χ2n) is 4.65. The van der Waals surface area contributed by atoms with Crippen LogP contribution in [0.1, 0.15) is 16.1 Å². The third kappa shape index (κ3) is 2.92. The van der Waals surface area contributed by atoms with Crippen LogP contribution in [0.2, 0.25) is 0 Å². The fourth-order valence-electron chi connectivity index (χ4n) is 2.10. The van der Waals surface area contributed by atoms with Gasteiger partial charge in [-0.15, -0.1) is 11.3 Å². The summed E-state index contributed by atoms with van der Waals surface area (Å²) in [6.45, 7) is 0.570. The van der Waals surface area contributed by atoms with Crippen LogP contribution in [0.25, 0.3) is 10.6 Å². The first-order valence-corrected chi connectivity index (χ1v) is 7.25. The molecule has 0 bridgehead atoms. The van der Waals surface area contributed by atoms with E-state index in [1.165, 1.54) is 29.7 Å². The second kappa shape index (κ2) is 5.61. The largest absolute Gasteiger partial charge is 0.354 e. The molecular weight excluding hydrogens is 293 g/mol. The van der Waals surface area contributed by atoms with Crippen molar-refractivity contribution >= 4 is 23.2 Å². The number of nitrogens with one attached hydrogen (secondary N) is 2. The summed E-state index contributed by atoms with van der Waals surface area (Å²) >= 11 is 1.17. The minimum Gasteiger partial charge on any atom is -0.354 e. The Hall–Kier alpha value is -2.28. The summed E-state index contributed by atoms with van der Waals surface area (Å²) in [5.41, 5.74) is 0.623. The smallest absolute Gasteiger partial charge is 0.263 e. The first-order valence-electron chi connectivity index (χ1n) is 6.44. The molecule has 21 heavy (non-hydrogen) atoms. The number of thiazole rings is 1. The molecule has 0 unspecified atom stereocenters.